The van der Waals surface area contributed by atoms with Gasteiger partial charge in [0, 0.05) is 5.38 Å². The number of nitrogens with zero attached hydrogens (tertiary/aromatic N) is 2. The van der Waals surface area contributed by atoms with Crippen molar-refractivity contribution >= 4 is 23.5 Å². The van der Waals surface area contributed by atoms with Crippen molar-refractivity contribution < 1.29 is 9.53 Å². The number of hydrogen-bond acceptors (Lipinski definition) is 5. The van der Waals surface area contributed by atoms with Gasteiger partial charge in [-0.15, -0.1) is 11.3 Å². The van der Waals surface area contributed by atoms with Crippen LogP contribution in [0, 0.1) is 13.8 Å². The fourth-order valence-corrected chi connectivity index (χ4v) is 2.59. The average molecular weight is 331 g/mol. The van der Waals surface area contributed by atoms with E-state index in [1.54, 1.807) is 0 Å². The van der Waals surface area contributed by atoms with Crippen LogP contribution in [-0.4, -0.2) is 23.7 Å². The molecule has 0 aliphatic carbocycles. The van der Waals surface area contributed by atoms with Gasteiger partial charge in [0.2, 0.25) is 0 Å². The molecule has 5 nitrogen and oxygen atoms in total. The van der Waals surface area contributed by atoms with Gasteiger partial charge in [0.15, 0.2) is 6.61 Å². The van der Waals surface area contributed by atoms with Crippen LogP contribution < -0.4 is 10.2 Å². The van der Waals surface area contributed by atoms with Crippen LogP contribution in [0.3, 0.4) is 0 Å². The standard InChI is InChI=1S/C17H21N3O2S/c1-11(2)15-6-5-12(3)7-16(15)22-9-17(21)20-18-8-14-10-23-13(4)19-14/h5-8,10-11H,9H2,1-4H3,(H,20,21)/b18-8-. The lowest BCUT2D eigenvalue weighted by atomic mass is 10.0. The van der Waals surface area contributed by atoms with E-state index in [0.717, 1.165) is 27.6 Å². The molecule has 0 aliphatic rings. The van der Waals surface area contributed by atoms with Crippen molar-refractivity contribution in [2.45, 2.75) is 33.6 Å². The molecule has 0 unspecified atom stereocenters. The number of carbonyl (C=O) groups excluding carboxylic acids is 1. The maximum Gasteiger partial charge on any atom is 0.277 e. The number of nitrogens with one attached hydrogen (secondary N) is 1. The third-order valence-electron chi connectivity index (χ3n) is 3.17. The number of hydrogen-bond donors (Lipinski definition) is 1. The minimum absolute atomic E-state index is 0.0728. The summed E-state index contributed by atoms with van der Waals surface area (Å²) in [5.41, 5.74) is 5.36. The lowest BCUT2D eigenvalue weighted by molar-refractivity contribution is -0.123. The van der Waals surface area contributed by atoms with Gasteiger partial charge in [0.1, 0.15) is 5.75 Å². The zero-order chi connectivity index (χ0) is 16.8. The third kappa shape index (κ3) is 5.17. The Morgan fingerprint density at radius 3 is 2.87 bits per heavy atom. The minimum Gasteiger partial charge on any atom is -0.483 e. The van der Waals surface area contributed by atoms with Crippen LogP contribution in [-0.2, 0) is 4.79 Å². The molecule has 1 amide bonds. The Labute approximate surface area is 140 Å². The predicted octanol–water partition coefficient (Wildman–Crippen LogP) is 3.41. The summed E-state index contributed by atoms with van der Waals surface area (Å²) in [6.45, 7) is 8.03. The molecule has 122 valence electrons. The maximum absolute atomic E-state index is 11.8. The van der Waals surface area contributed by atoms with E-state index in [1.165, 1.54) is 17.6 Å². The van der Waals surface area contributed by atoms with Gasteiger partial charge in [-0.05, 0) is 37.0 Å². The smallest absolute Gasteiger partial charge is 0.277 e. The number of amides is 1. The topological polar surface area (TPSA) is 63.6 Å². The quantitative estimate of drug-likeness (QED) is 0.652. The highest BCUT2D eigenvalue weighted by Crippen LogP contribution is 2.27. The molecule has 0 aliphatic heterocycles. The van der Waals surface area contributed by atoms with Crippen molar-refractivity contribution in [2.24, 2.45) is 5.10 Å². The van der Waals surface area contributed by atoms with E-state index < -0.39 is 0 Å². The van der Waals surface area contributed by atoms with E-state index in [1.807, 2.05) is 37.4 Å². The Balaban J connectivity index is 1.89. The summed E-state index contributed by atoms with van der Waals surface area (Å²) in [7, 11) is 0. The van der Waals surface area contributed by atoms with E-state index in [2.05, 4.69) is 29.4 Å². The van der Waals surface area contributed by atoms with E-state index >= 15 is 0 Å². The molecule has 23 heavy (non-hydrogen) atoms. The van der Waals surface area contributed by atoms with Crippen molar-refractivity contribution in [1.29, 1.82) is 0 Å². The number of rotatable bonds is 6. The normalized spacial score (nSPS) is 11.2. The first kappa shape index (κ1) is 17.1. The van der Waals surface area contributed by atoms with Crippen LogP contribution >= 0.6 is 11.3 Å². The summed E-state index contributed by atoms with van der Waals surface area (Å²) >= 11 is 1.54. The van der Waals surface area contributed by atoms with Crippen LogP contribution in [0.25, 0.3) is 0 Å². The number of thiazole rings is 1. The Hall–Kier alpha value is -2.21. The summed E-state index contributed by atoms with van der Waals surface area (Å²) in [6, 6.07) is 6.03. The first-order valence-electron chi connectivity index (χ1n) is 7.43. The van der Waals surface area contributed by atoms with Crippen LogP contribution in [0.15, 0.2) is 28.7 Å². The van der Waals surface area contributed by atoms with Gasteiger partial charge < -0.3 is 4.74 Å². The van der Waals surface area contributed by atoms with Gasteiger partial charge in [-0.2, -0.15) is 5.10 Å². The summed E-state index contributed by atoms with van der Waals surface area (Å²) in [5.74, 6) is 0.776. The molecule has 1 heterocycles. The molecular weight excluding hydrogens is 310 g/mol. The fourth-order valence-electron chi connectivity index (χ4n) is 2.03. The highest BCUT2D eigenvalue weighted by atomic mass is 32.1. The van der Waals surface area contributed by atoms with E-state index in [-0.39, 0.29) is 12.5 Å². The fraction of sp³-hybridized carbons (Fsp3) is 0.353. The van der Waals surface area contributed by atoms with E-state index in [9.17, 15) is 4.79 Å². The second-order valence-corrected chi connectivity index (χ2v) is 6.63. The first-order valence-corrected chi connectivity index (χ1v) is 8.31. The van der Waals surface area contributed by atoms with Gasteiger partial charge >= 0.3 is 0 Å². The zero-order valence-electron chi connectivity index (χ0n) is 13.8. The number of aromatic nitrogens is 1. The monoisotopic (exact) mass is 331 g/mol. The predicted molar refractivity (Wildman–Crippen MR) is 93.4 cm³/mol. The Bertz CT molecular complexity index is 708. The first-order chi connectivity index (χ1) is 11.0. The molecule has 2 rings (SSSR count). The summed E-state index contributed by atoms with van der Waals surface area (Å²) in [6.07, 6.45) is 1.52. The van der Waals surface area contributed by atoms with E-state index in [4.69, 9.17) is 4.74 Å². The van der Waals surface area contributed by atoms with Gasteiger partial charge in [0.05, 0.1) is 16.9 Å². The van der Waals surface area contributed by atoms with Crippen molar-refractivity contribution in [3.8, 4) is 5.75 Å². The molecule has 0 atom stereocenters. The second kappa shape index (κ2) is 7.87. The summed E-state index contributed by atoms with van der Waals surface area (Å²) < 4.78 is 5.65. The number of benzene rings is 1. The molecule has 1 aromatic heterocycles. The molecule has 0 spiro atoms. The molecule has 0 radical (unpaired) electrons. The van der Waals surface area contributed by atoms with Crippen molar-refractivity contribution in [2.75, 3.05) is 6.61 Å². The van der Waals surface area contributed by atoms with Crippen molar-refractivity contribution in [3.05, 3.63) is 45.4 Å². The molecule has 6 heteroatoms. The van der Waals surface area contributed by atoms with Crippen LogP contribution in [0.2, 0.25) is 0 Å². The lowest BCUT2D eigenvalue weighted by Gasteiger charge is -2.14. The van der Waals surface area contributed by atoms with Crippen LogP contribution in [0.1, 0.15) is 41.6 Å². The number of carbonyl (C=O) groups is 1. The minimum atomic E-state index is -0.301. The molecular formula is C17H21N3O2S. The average Bonchev–Trinajstić information content (AvgIpc) is 2.90. The molecule has 2 aromatic rings. The van der Waals surface area contributed by atoms with Crippen molar-refractivity contribution in [3.63, 3.8) is 0 Å². The molecule has 0 fully saturated rings. The molecule has 0 bridgehead atoms. The SMILES string of the molecule is Cc1ccc(C(C)C)c(OCC(=O)N/N=C\c2csc(C)n2)c1. The largest absolute Gasteiger partial charge is 0.483 e. The summed E-state index contributed by atoms with van der Waals surface area (Å²) in [5, 5.41) is 6.72. The Morgan fingerprint density at radius 2 is 2.22 bits per heavy atom. The summed E-state index contributed by atoms with van der Waals surface area (Å²) in [4.78, 5) is 16.0. The molecule has 1 aromatic carbocycles. The number of hydrazone groups is 1. The zero-order valence-corrected chi connectivity index (χ0v) is 14.6. The Kier molecular flexibility index (Phi) is 5.87. The van der Waals surface area contributed by atoms with Crippen molar-refractivity contribution in [1.82, 2.24) is 10.4 Å². The van der Waals surface area contributed by atoms with Gasteiger partial charge in [-0.3, -0.25) is 4.79 Å². The molecule has 1 N–H and O–H groups in total. The van der Waals surface area contributed by atoms with Crippen LogP contribution in [0.5, 0.6) is 5.75 Å². The number of ether oxygens (including phenoxy) is 1. The van der Waals surface area contributed by atoms with Gasteiger partial charge in [-0.25, -0.2) is 10.4 Å². The molecule has 0 saturated heterocycles. The highest BCUT2D eigenvalue weighted by molar-refractivity contribution is 7.09. The van der Waals surface area contributed by atoms with Gasteiger partial charge in [0.25, 0.3) is 5.91 Å². The highest BCUT2D eigenvalue weighted by Gasteiger charge is 2.10. The Morgan fingerprint density at radius 1 is 1.43 bits per heavy atom. The maximum atomic E-state index is 11.8. The molecule has 0 saturated carbocycles. The second-order valence-electron chi connectivity index (χ2n) is 5.57. The van der Waals surface area contributed by atoms with Gasteiger partial charge in [-0.1, -0.05) is 26.0 Å². The van der Waals surface area contributed by atoms with Crippen LogP contribution in [0.4, 0.5) is 0 Å². The van der Waals surface area contributed by atoms with E-state index in [0.29, 0.717) is 5.92 Å². The lowest BCUT2D eigenvalue weighted by Crippen LogP contribution is -2.25. The third-order valence-corrected chi connectivity index (χ3v) is 3.96. The number of aryl methyl sites for hydroxylation is 2.